The molecule has 1 aromatic rings. The predicted molar refractivity (Wildman–Crippen MR) is 114 cm³/mol. The van der Waals surface area contributed by atoms with Crippen LogP contribution in [-0.4, -0.2) is 23.7 Å². The van der Waals surface area contributed by atoms with Crippen LogP contribution in [0.2, 0.25) is 0 Å². The highest BCUT2D eigenvalue weighted by atomic mass is 79.9. The summed E-state index contributed by atoms with van der Waals surface area (Å²) in [7, 11) is 0. The zero-order chi connectivity index (χ0) is 18.8. The monoisotopic (exact) mass is 440 g/mol. The molecule has 1 aliphatic rings. The second kappa shape index (κ2) is 11.5. The van der Waals surface area contributed by atoms with Crippen LogP contribution in [0, 0.1) is 0 Å². The molecule has 6 heteroatoms. The SMILES string of the molecule is CCCCCCOc1ccc(Br)cc1C(=O)NC(=S)NC1CCCCC1. The standard InChI is InChI=1S/C20H29BrN2O2S/c1-2-3-4-8-13-25-18-12-11-15(21)14-17(18)19(24)23-20(26)22-16-9-6-5-7-10-16/h11-12,14,16H,2-10,13H2,1H3,(H2,22,23,24,26). The summed E-state index contributed by atoms with van der Waals surface area (Å²) in [6.07, 6.45) is 10.5. The third-order valence-corrected chi connectivity index (χ3v) is 5.32. The van der Waals surface area contributed by atoms with Crippen LogP contribution in [-0.2, 0) is 0 Å². The van der Waals surface area contributed by atoms with E-state index in [-0.39, 0.29) is 5.91 Å². The lowest BCUT2D eigenvalue weighted by atomic mass is 9.96. The molecule has 0 aliphatic heterocycles. The molecule has 0 saturated heterocycles. The summed E-state index contributed by atoms with van der Waals surface area (Å²) in [6.45, 7) is 2.80. The maximum absolute atomic E-state index is 12.7. The first kappa shape index (κ1) is 21.2. The molecule has 0 aromatic heterocycles. The van der Waals surface area contributed by atoms with Crippen molar-refractivity contribution < 1.29 is 9.53 Å². The van der Waals surface area contributed by atoms with Crippen molar-refractivity contribution in [2.75, 3.05) is 6.61 Å². The fourth-order valence-corrected chi connectivity index (χ4v) is 3.78. The first-order valence-electron chi connectivity index (χ1n) is 9.64. The molecule has 0 spiro atoms. The van der Waals surface area contributed by atoms with E-state index < -0.39 is 0 Å². The normalized spacial score (nSPS) is 14.7. The van der Waals surface area contributed by atoms with Gasteiger partial charge >= 0.3 is 0 Å². The van der Waals surface area contributed by atoms with Gasteiger partial charge in [0.25, 0.3) is 5.91 Å². The van der Waals surface area contributed by atoms with E-state index in [2.05, 4.69) is 33.5 Å². The van der Waals surface area contributed by atoms with Gasteiger partial charge in [0.05, 0.1) is 12.2 Å². The van der Waals surface area contributed by atoms with Crippen LogP contribution in [0.15, 0.2) is 22.7 Å². The molecule has 0 atom stereocenters. The van der Waals surface area contributed by atoms with Crippen molar-refractivity contribution in [2.24, 2.45) is 0 Å². The number of ether oxygens (including phenoxy) is 1. The quantitative estimate of drug-likeness (QED) is 0.422. The van der Waals surface area contributed by atoms with Gasteiger partial charge in [-0.05, 0) is 49.7 Å². The molecule has 0 unspecified atom stereocenters. The molecule has 4 nitrogen and oxygen atoms in total. The highest BCUT2D eigenvalue weighted by Gasteiger charge is 2.18. The highest BCUT2D eigenvalue weighted by Crippen LogP contribution is 2.24. The number of amides is 1. The van der Waals surface area contributed by atoms with Crippen LogP contribution in [0.25, 0.3) is 0 Å². The summed E-state index contributed by atoms with van der Waals surface area (Å²) in [4.78, 5) is 12.7. The Morgan fingerprint density at radius 1 is 1.23 bits per heavy atom. The van der Waals surface area contributed by atoms with Gasteiger partial charge in [-0.15, -0.1) is 0 Å². The molecule has 1 fully saturated rings. The smallest absolute Gasteiger partial charge is 0.261 e. The second-order valence-electron chi connectivity index (χ2n) is 6.81. The molecule has 1 saturated carbocycles. The van der Waals surface area contributed by atoms with Crippen LogP contribution in [0.1, 0.15) is 75.1 Å². The molecule has 2 N–H and O–H groups in total. The Morgan fingerprint density at radius 2 is 2.00 bits per heavy atom. The summed E-state index contributed by atoms with van der Waals surface area (Å²) < 4.78 is 6.69. The van der Waals surface area contributed by atoms with E-state index in [1.807, 2.05) is 12.1 Å². The van der Waals surface area contributed by atoms with Crippen LogP contribution in [0.3, 0.4) is 0 Å². The van der Waals surface area contributed by atoms with Gasteiger partial charge in [-0.1, -0.05) is 61.4 Å². The minimum absolute atomic E-state index is 0.233. The van der Waals surface area contributed by atoms with Gasteiger partial charge in [-0.25, -0.2) is 0 Å². The fraction of sp³-hybridized carbons (Fsp3) is 0.600. The van der Waals surface area contributed by atoms with Crippen LogP contribution >= 0.6 is 28.1 Å². The number of unbranched alkanes of at least 4 members (excludes halogenated alkanes) is 3. The van der Waals surface area contributed by atoms with Gasteiger partial charge in [0.2, 0.25) is 0 Å². The van der Waals surface area contributed by atoms with Crippen molar-refractivity contribution in [3.05, 3.63) is 28.2 Å². The minimum Gasteiger partial charge on any atom is -0.493 e. The number of benzene rings is 1. The third kappa shape index (κ3) is 7.23. The number of thiocarbonyl (C=S) groups is 1. The van der Waals surface area contributed by atoms with E-state index in [1.54, 1.807) is 6.07 Å². The lowest BCUT2D eigenvalue weighted by molar-refractivity contribution is 0.0972. The number of carbonyl (C=O) groups excluding carboxylic acids is 1. The van der Waals surface area contributed by atoms with Crippen molar-refractivity contribution in [3.8, 4) is 5.75 Å². The number of rotatable bonds is 8. The lowest BCUT2D eigenvalue weighted by Gasteiger charge is -2.24. The molecule has 1 amide bonds. The van der Waals surface area contributed by atoms with Gasteiger partial charge in [-0.3, -0.25) is 10.1 Å². The summed E-state index contributed by atoms with van der Waals surface area (Å²) >= 11 is 8.76. The molecule has 2 rings (SSSR count). The Balaban J connectivity index is 1.91. The number of halogens is 1. The summed E-state index contributed by atoms with van der Waals surface area (Å²) in [5.74, 6) is 0.367. The predicted octanol–water partition coefficient (Wildman–Crippen LogP) is 5.35. The maximum atomic E-state index is 12.7. The zero-order valence-corrected chi connectivity index (χ0v) is 17.9. The third-order valence-electron chi connectivity index (χ3n) is 4.61. The molecule has 144 valence electrons. The molecular formula is C20H29BrN2O2S. The van der Waals surface area contributed by atoms with E-state index in [9.17, 15) is 4.79 Å². The van der Waals surface area contributed by atoms with Crippen LogP contribution in [0.5, 0.6) is 5.75 Å². The molecule has 26 heavy (non-hydrogen) atoms. The molecule has 0 bridgehead atoms. The van der Waals surface area contributed by atoms with Gasteiger partial charge in [0.15, 0.2) is 5.11 Å². The number of nitrogens with one attached hydrogen (secondary N) is 2. The Labute approximate surface area is 170 Å². The minimum atomic E-state index is -0.233. The average molecular weight is 441 g/mol. The largest absolute Gasteiger partial charge is 0.493 e. The number of hydrogen-bond donors (Lipinski definition) is 2. The molecule has 1 aromatic carbocycles. The van der Waals surface area contributed by atoms with Gasteiger partial charge in [0.1, 0.15) is 5.75 Å². The Kier molecular flexibility index (Phi) is 9.40. The van der Waals surface area contributed by atoms with Crippen LogP contribution < -0.4 is 15.4 Å². The molecular weight excluding hydrogens is 412 g/mol. The summed E-state index contributed by atoms with van der Waals surface area (Å²) in [5.41, 5.74) is 0.502. The van der Waals surface area contributed by atoms with Crippen molar-refractivity contribution in [1.82, 2.24) is 10.6 Å². The van der Waals surface area contributed by atoms with E-state index in [1.165, 1.54) is 32.1 Å². The number of carbonyl (C=O) groups is 1. The lowest BCUT2D eigenvalue weighted by Crippen LogP contribution is -2.45. The zero-order valence-electron chi connectivity index (χ0n) is 15.5. The summed E-state index contributed by atoms with van der Waals surface area (Å²) in [5, 5.41) is 6.47. The fourth-order valence-electron chi connectivity index (χ4n) is 3.16. The van der Waals surface area contributed by atoms with E-state index >= 15 is 0 Å². The number of hydrogen-bond acceptors (Lipinski definition) is 3. The van der Waals surface area contributed by atoms with Crippen molar-refractivity contribution >= 4 is 39.2 Å². The van der Waals surface area contributed by atoms with Gasteiger partial charge in [-0.2, -0.15) is 0 Å². The first-order chi connectivity index (χ1) is 12.6. The van der Waals surface area contributed by atoms with Crippen molar-refractivity contribution in [3.63, 3.8) is 0 Å². The topological polar surface area (TPSA) is 50.4 Å². The van der Waals surface area contributed by atoms with E-state index in [4.69, 9.17) is 17.0 Å². The molecule has 0 radical (unpaired) electrons. The van der Waals surface area contributed by atoms with Crippen molar-refractivity contribution in [2.45, 2.75) is 70.8 Å². The van der Waals surface area contributed by atoms with E-state index in [0.717, 1.165) is 30.2 Å². The second-order valence-corrected chi connectivity index (χ2v) is 8.14. The molecule has 0 heterocycles. The average Bonchev–Trinajstić information content (AvgIpc) is 2.63. The van der Waals surface area contributed by atoms with E-state index in [0.29, 0.717) is 29.1 Å². The Bertz CT molecular complexity index is 603. The maximum Gasteiger partial charge on any atom is 0.261 e. The molecule has 1 aliphatic carbocycles. The Morgan fingerprint density at radius 3 is 2.73 bits per heavy atom. The van der Waals surface area contributed by atoms with Gasteiger partial charge < -0.3 is 10.1 Å². The summed E-state index contributed by atoms with van der Waals surface area (Å²) in [6, 6.07) is 5.86. The first-order valence-corrected chi connectivity index (χ1v) is 10.8. The highest BCUT2D eigenvalue weighted by molar-refractivity contribution is 9.10. The van der Waals surface area contributed by atoms with Crippen LogP contribution in [0.4, 0.5) is 0 Å². The Hall–Kier alpha value is -1.14. The van der Waals surface area contributed by atoms with Gasteiger partial charge in [0, 0.05) is 10.5 Å². The van der Waals surface area contributed by atoms with Crippen molar-refractivity contribution in [1.29, 1.82) is 0 Å².